The summed E-state index contributed by atoms with van der Waals surface area (Å²) in [6.07, 6.45) is 1.52. The number of furan rings is 1. The zero-order chi connectivity index (χ0) is 20.7. The summed E-state index contributed by atoms with van der Waals surface area (Å²) in [5, 5.41) is 0. The minimum Gasteiger partial charge on any atom is -0.462 e. The van der Waals surface area contributed by atoms with E-state index in [9.17, 15) is 13.2 Å². The van der Waals surface area contributed by atoms with Crippen molar-refractivity contribution < 1.29 is 22.4 Å². The molecule has 0 atom stereocenters. The average molecular weight is 412 g/mol. The van der Waals surface area contributed by atoms with Crippen LogP contribution in [0.25, 0.3) is 0 Å². The second kappa shape index (κ2) is 9.31. The summed E-state index contributed by atoms with van der Waals surface area (Å²) in [5.74, 6) is 0.564. The van der Waals surface area contributed by atoms with Gasteiger partial charge in [-0.3, -0.25) is 4.99 Å². The number of esters is 1. The largest absolute Gasteiger partial charge is 0.462 e. The molecule has 0 saturated carbocycles. The third-order valence-corrected chi connectivity index (χ3v) is 5.31. The Labute approximate surface area is 169 Å². The van der Waals surface area contributed by atoms with Gasteiger partial charge in [0.25, 0.3) is 0 Å². The lowest BCUT2D eigenvalue weighted by Crippen LogP contribution is -2.22. The van der Waals surface area contributed by atoms with Crippen LogP contribution in [0.5, 0.6) is 0 Å². The summed E-state index contributed by atoms with van der Waals surface area (Å²) >= 11 is 0. The van der Waals surface area contributed by atoms with Gasteiger partial charge in [0.05, 0.1) is 35.5 Å². The van der Waals surface area contributed by atoms with Crippen LogP contribution >= 0.6 is 0 Å². The molecule has 0 aliphatic heterocycles. The van der Waals surface area contributed by atoms with E-state index in [-0.39, 0.29) is 17.4 Å². The van der Waals surface area contributed by atoms with Crippen molar-refractivity contribution in [1.82, 2.24) is 4.72 Å². The van der Waals surface area contributed by atoms with Crippen molar-refractivity contribution in [3.63, 3.8) is 0 Å². The predicted octanol–water partition coefficient (Wildman–Crippen LogP) is 3.69. The molecular formula is C21H20N2O5S. The summed E-state index contributed by atoms with van der Waals surface area (Å²) in [4.78, 5) is 16.1. The van der Waals surface area contributed by atoms with Gasteiger partial charge in [0.1, 0.15) is 11.5 Å². The molecule has 3 rings (SSSR count). The lowest BCUT2D eigenvalue weighted by Gasteiger charge is -2.04. The molecule has 0 bridgehead atoms. The van der Waals surface area contributed by atoms with E-state index >= 15 is 0 Å². The number of hydrogen-bond acceptors (Lipinski definition) is 6. The molecule has 0 spiro atoms. The van der Waals surface area contributed by atoms with E-state index in [0.29, 0.717) is 29.4 Å². The van der Waals surface area contributed by atoms with E-state index in [1.807, 2.05) is 0 Å². The van der Waals surface area contributed by atoms with Gasteiger partial charge in [-0.25, -0.2) is 17.9 Å². The molecule has 0 unspecified atom stereocenters. The normalized spacial score (nSPS) is 11.6. The lowest BCUT2D eigenvalue weighted by atomic mass is 10.2. The summed E-state index contributed by atoms with van der Waals surface area (Å²) in [7, 11) is -3.60. The molecule has 2 aromatic carbocycles. The topological polar surface area (TPSA) is 98.0 Å². The Morgan fingerprint density at radius 2 is 1.79 bits per heavy atom. The molecule has 0 radical (unpaired) electrons. The summed E-state index contributed by atoms with van der Waals surface area (Å²) in [6.45, 7) is 2.10. The van der Waals surface area contributed by atoms with Crippen molar-refractivity contribution in [3.05, 3.63) is 83.8 Å². The SMILES string of the molecule is CCOC(=O)c1ccc(N=Cc2ccc(CNS(=O)(=O)c3ccccc3)o2)cc1. The Morgan fingerprint density at radius 1 is 1.07 bits per heavy atom. The highest BCUT2D eigenvalue weighted by atomic mass is 32.2. The molecule has 0 saturated heterocycles. The number of carbonyl (C=O) groups excluding carboxylic acids is 1. The van der Waals surface area contributed by atoms with Crippen molar-refractivity contribution in [2.24, 2.45) is 4.99 Å². The molecule has 1 heterocycles. The molecule has 1 aromatic heterocycles. The van der Waals surface area contributed by atoms with Gasteiger partial charge in [0.2, 0.25) is 10.0 Å². The summed E-state index contributed by atoms with van der Waals surface area (Å²) in [6, 6.07) is 18.2. The fraction of sp³-hybridized carbons (Fsp3) is 0.143. The minimum atomic E-state index is -3.60. The first-order valence-corrected chi connectivity index (χ1v) is 10.4. The monoisotopic (exact) mass is 412 g/mol. The first-order chi connectivity index (χ1) is 14.0. The van der Waals surface area contributed by atoms with Gasteiger partial charge >= 0.3 is 5.97 Å². The Bertz CT molecular complexity index is 1090. The molecule has 0 aliphatic rings. The zero-order valence-electron chi connectivity index (χ0n) is 15.7. The maximum Gasteiger partial charge on any atom is 0.338 e. The summed E-state index contributed by atoms with van der Waals surface area (Å²) in [5.41, 5.74) is 1.09. The van der Waals surface area contributed by atoms with Crippen LogP contribution in [0, 0.1) is 0 Å². The average Bonchev–Trinajstić information content (AvgIpc) is 3.20. The highest BCUT2D eigenvalue weighted by Gasteiger charge is 2.13. The number of nitrogens with one attached hydrogen (secondary N) is 1. The molecule has 7 nitrogen and oxygen atoms in total. The van der Waals surface area contributed by atoms with Gasteiger partial charge in [-0.2, -0.15) is 0 Å². The smallest absolute Gasteiger partial charge is 0.338 e. The highest BCUT2D eigenvalue weighted by Crippen LogP contribution is 2.15. The lowest BCUT2D eigenvalue weighted by molar-refractivity contribution is 0.0526. The van der Waals surface area contributed by atoms with Crippen molar-refractivity contribution >= 4 is 27.9 Å². The minimum absolute atomic E-state index is 0.0271. The van der Waals surface area contributed by atoms with Gasteiger partial charge in [0, 0.05) is 0 Å². The van der Waals surface area contributed by atoms with E-state index in [1.54, 1.807) is 61.5 Å². The second-order valence-corrected chi connectivity index (χ2v) is 7.73. The van der Waals surface area contributed by atoms with E-state index in [2.05, 4.69) is 9.71 Å². The first kappa shape index (κ1) is 20.5. The molecule has 0 amide bonds. The van der Waals surface area contributed by atoms with Gasteiger partial charge < -0.3 is 9.15 Å². The standard InChI is InChI=1S/C21H20N2O5S/c1-2-27-21(24)16-8-10-17(11-9-16)22-14-18-12-13-19(28-18)15-23-29(25,26)20-6-4-3-5-7-20/h3-14,23H,2,15H2,1H3. The Morgan fingerprint density at radius 3 is 2.48 bits per heavy atom. The van der Waals surface area contributed by atoms with Crippen molar-refractivity contribution in [3.8, 4) is 0 Å². The number of rotatable bonds is 8. The van der Waals surface area contributed by atoms with Gasteiger partial charge in [-0.1, -0.05) is 18.2 Å². The Balaban J connectivity index is 1.59. The van der Waals surface area contributed by atoms with Crippen LogP contribution < -0.4 is 4.72 Å². The van der Waals surface area contributed by atoms with E-state index < -0.39 is 10.0 Å². The van der Waals surface area contributed by atoms with Crippen molar-refractivity contribution in [2.75, 3.05) is 6.61 Å². The number of hydrogen-bond donors (Lipinski definition) is 1. The molecule has 150 valence electrons. The number of carbonyl (C=O) groups is 1. The number of ether oxygens (including phenoxy) is 1. The van der Waals surface area contributed by atoms with Crippen LogP contribution in [0.4, 0.5) is 5.69 Å². The molecule has 1 N–H and O–H groups in total. The number of nitrogens with zero attached hydrogens (tertiary/aromatic N) is 1. The van der Waals surface area contributed by atoms with Gasteiger partial charge in [-0.05, 0) is 55.5 Å². The highest BCUT2D eigenvalue weighted by molar-refractivity contribution is 7.89. The maximum atomic E-state index is 12.2. The number of sulfonamides is 1. The molecular weight excluding hydrogens is 392 g/mol. The second-order valence-electron chi connectivity index (χ2n) is 5.97. The van der Waals surface area contributed by atoms with Crippen LogP contribution in [0.15, 0.2) is 81.0 Å². The van der Waals surface area contributed by atoms with Crippen LogP contribution in [0.3, 0.4) is 0 Å². The van der Waals surface area contributed by atoms with Crippen LogP contribution in [-0.4, -0.2) is 27.2 Å². The van der Waals surface area contributed by atoms with E-state index in [1.165, 1.54) is 18.3 Å². The van der Waals surface area contributed by atoms with Crippen molar-refractivity contribution in [1.29, 1.82) is 0 Å². The van der Waals surface area contributed by atoms with Gasteiger partial charge in [0.15, 0.2) is 0 Å². The quantitative estimate of drug-likeness (QED) is 0.449. The molecule has 29 heavy (non-hydrogen) atoms. The zero-order valence-corrected chi connectivity index (χ0v) is 16.6. The number of benzene rings is 2. The molecule has 0 aliphatic carbocycles. The maximum absolute atomic E-state index is 12.2. The van der Waals surface area contributed by atoms with Crippen LogP contribution in [0.2, 0.25) is 0 Å². The predicted molar refractivity (Wildman–Crippen MR) is 109 cm³/mol. The first-order valence-electron chi connectivity index (χ1n) is 8.92. The Hall–Kier alpha value is -3.23. The molecule has 3 aromatic rings. The van der Waals surface area contributed by atoms with Crippen molar-refractivity contribution in [2.45, 2.75) is 18.4 Å². The van der Waals surface area contributed by atoms with E-state index in [4.69, 9.17) is 9.15 Å². The third-order valence-electron chi connectivity index (χ3n) is 3.89. The summed E-state index contributed by atoms with van der Waals surface area (Å²) < 4.78 is 37.5. The fourth-order valence-corrected chi connectivity index (χ4v) is 3.46. The van der Waals surface area contributed by atoms with Crippen LogP contribution in [-0.2, 0) is 21.3 Å². The van der Waals surface area contributed by atoms with E-state index in [0.717, 1.165) is 0 Å². The van der Waals surface area contributed by atoms with Gasteiger partial charge in [-0.15, -0.1) is 0 Å². The molecule has 8 heteroatoms. The fourth-order valence-electron chi connectivity index (χ4n) is 2.44. The molecule has 0 fully saturated rings. The number of aliphatic imine (C=N–C) groups is 1. The third kappa shape index (κ3) is 5.63. The Kier molecular flexibility index (Phi) is 6.58. The van der Waals surface area contributed by atoms with Crippen LogP contribution in [0.1, 0.15) is 28.8 Å².